The van der Waals surface area contributed by atoms with E-state index < -0.39 is 0 Å². The molecule has 0 bridgehead atoms. The van der Waals surface area contributed by atoms with Crippen molar-refractivity contribution < 1.29 is 4.74 Å². The van der Waals surface area contributed by atoms with Crippen LogP contribution in [0.1, 0.15) is 19.3 Å². The average Bonchev–Trinajstić information content (AvgIpc) is 2.07. The van der Waals surface area contributed by atoms with Crippen molar-refractivity contribution in [3.05, 3.63) is 0 Å². The fourth-order valence-corrected chi connectivity index (χ4v) is 1.25. The van der Waals surface area contributed by atoms with Crippen LogP contribution in [0.2, 0.25) is 0 Å². The predicted octanol–water partition coefficient (Wildman–Crippen LogP) is 0.778. The molecule has 11 heavy (non-hydrogen) atoms. The highest BCUT2D eigenvalue weighted by atomic mass is 16.5. The van der Waals surface area contributed by atoms with Crippen LogP contribution in [-0.2, 0) is 4.74 Å². The first kappa shape index (κ1) is 8.58. The summed E-state index contributed by atoms with van der Waals surface area (Å²) < 4.78 is 5.30. The first-order valence-electron chi connectivity index (χ1n) is 4.18. The zero-order valence-electron chi connectivity index (χ0n) is 6.81. The van der Waals surface area contributed by atoms with Gasteiger partial charge in [0, 0.05) is 25.6 Å². The maximum Gasteiger partial charge on any atom is 0.0619 e. The second-order valence-corrected chi connectivity index (χ2v) is 2.82. The van der Waals surface area contributed by atoms with Crippen LogP contribution in [0.25, 0.3) is 0 Å². The van der Waals surface area contributed by atoms with Crippen molar-refractivity contribution in [1.29, 1.82) is 0 Å². The smallest absolute Gasteiger partial charge is 0.0619 e. The molecule has 1 aliphatic heterocycles. The molecular weight excluding hydrogens is 138 g/mol. The molecule has 0 spiro atoms. The van der Waals surface area contributed by atoms with Crippen molar-refractivity contribution >= 4 is 0 Å². The fraction of sp³-hybridized carbons (Fsp3) is 0.778. The van der Waals surface area contributed by atoms with Crippen molar-refractivity contribution in [3.63, 3.8) is 0 Å². The van der Waals surface area contributed by atoms with Crippen molar-refractivity contribution in [2.24, 2.45) is 0 Å². The number of hydrogen-bond acceptors (Lipinski definition) is 2. The number of terminal acetylenes is 1. The van der Waals surface area contributed by atoms with Crippen LogP contribution in [-0.4, -0.2) is 25.8 Å². The third-order valence-electron chi connectivity index (χ3n) is 1.86. The minimum Gasteiger partial charge on any atom is -0.380 e. The minimum atomic E-state index is 0.539. The molecule has 0 aliphatic carbocycles. The zero-order valence-corrected chi connectivity index (χ0v) is 6.81. The molecule has 0 amide bonds. The Morgan fingerprint density at radius 1 is 1.64 bits per heavy atom. The largest absolute Gasteiger partial charge is 0.380 e. The van der Waals surface area contributed by atoms with Crippen molar-refractivity contribution in [2.75, 3.05) is 19.8 Å². The Balaban J connectivity index is 2.01. The van der Waals surface area contributed by atoms with Gasteiger partial charge in [0.25, 0.3) is 0 Å². The lowest BCUT2D eigenvalue weighted by molar-refractivity contribution is 0.0708. The van der Waals surface area contributed by atoms with E-state index in [2.05, 4.69) is 11.2 Å². The maximum absolute atomic E-state index is 5.30. The average molecular weight is 153 g/mol. The number of ether oxygens (including phenoxy) is 1. The summed E-state index contributed by atoms with van der Waals surface area (Å²) in [4.78, 5) is 0. The van der Waals surface area contributed by atoms with Gasteiger partial charge in [0.05, 0.1) is 6.61 Å². The molecule has 62 valence electrons. The van der Waals surface area contributed by atoms with E-state index in [1.54, 1.807) is 0 Å². The summed E-state index contributed by atoms with van der Waals surface area (Å²) in [6, 6.07) is 0.539. The van der Waals surface area contributed by atoms with Gasteiger partial charge in [0.1, 0.15) is 0 Å². The Hall–Kier alpha value is -0.520. The van der Waals surface area contributed by atoms with Crippen molar-refractivity contribution in [1.82, 2.24) is 5.32 Å². The Bertz CT molecular complexity index is 133. The molecular formula is C9H15NO. The van der Waals surface area contributed by atoms with Crippen LogP contribution >= 0.6 is 0 Å². The Labute approximate surface area is 68.3 Å². The molecule has 1 N–H and O–H groups in total. The van der Waals surface area contributed by atoms with Crippen LogP contribution in [0.4, 0.5) is 0 Å². The van der Waals surface area contributed by atoms with Crippen LogP contribution in [0.5, 0.6) is 0 Å². The van der Waals surface area contributed by atoms with Gasteiger partial charge in [0.15, 0.2) is 0 Å². The molecule has 1 heterocycles. The molecule has 2 heteroatoms. The summed E-state index contributed by atoms with van der Waals surface area (Å²) in [5.41, 5.74) is 0. The molecule has 0 aromatic heterocycles. The Morgan fingerprint density at radius 3 is 3.18 bits per heavy atom. The molecule has 2 nitrogen and oxygen atoms in total. The topological polar surface area (TPSA) is 21.3 Å². The summed E-state index contributed by atoms with van der Waals surface area (Å²) in [7, 11) is 0. The molecule has 0 aromatic carbocycles. The number of hydrogen-bond donors (Lipinski definition) is 1. The van der Waals surface area contributed by atoms with Crippen LogP contribution < -0.4 is 5.32 Å². The van der Waals surface area contributed by atoms with Gasteiger partial charge >= 0.3 is 0 Å². The van der Waals surface area contributed by atoms with E-state index in [1.807, 2.05) is 0 Å². The van der Waals surface area contributed by atoms with Crippen molar-refractivity contribution in [3.8, 4) is 12.3 Å². The van der Waals surface area contributed by atoms with E-state index in [1.165, 1.54) is 12.8 Å². The highest BCUT2D eigenvalue weighted by Crippen LogP contribution is 2.04. The van der Waals surface area contributed by atoms with Gasteiger partial charge in [0.2, 0.25) is 0 Å². The molecule has 1 unspecified atom stereocenters. The van der Waals surface area contributed by atoms with Gasteiger partial charge in [-0.15, -0.1) is 12.3 Å². The normalized spacial score (nSPS) is 24.5. The van der Waals surface area contributed by atoms with Gasteiger partial charge in [-0.1, -0.05) is 0 Å². The summed E-state index contributed by atoms with van der Waals surface area (Å²) in [6.45, 7) is 2.70. The maximum atomic E-state index is 5.30. The summed E-state index contributed by atoms with van der Waals surface area (Å²) >= 11 is 0. The van der Waals surface area contributed by atoms with Gasteiger partial charge in [-0.05, 0) is 12.8 Å². The van der Waals surface area contributed by atoms with Crippen LogP contribution in [0.15, 0.2) is 0 Å². The molecule has 1 rings (SSSR count). The lowest BCUT2D eigenvalue weighted by atomic mass is 10.1. The van der Waals surface area contributed by atoms with E-state index in [-0.39, 0.29) is 0 Å². The standard InChI is InChI=1S/C9H15NO/c1-2-3-6-10-9-5-4-7-11-8-9/h1,9-10H,3-8H2. The third-order valence-corrected chi connectivity index (χ3v) is 1.86. The third kappa shape index (κ3) is 3.41. The van der Waals surface area contributed by atoms with Gasteiger partial charge in [-0.2, -0.15) is 0 Å². The molecule has 0 radical (unpaired) electrons. The second-order valence-electron chi connectivity index (χ2n) is 2.82. The van der Waals surface area contributed by atoms with E-state index in [4.69, 9.17) is 11.2 Å². The highest BCUT2D eigenvalue weighted by molar-refractivity contribution is 4.85. The zero-order chi connectivity index (χ0) is 7.94. The SMILES string of the molecule is C#CCCNC1CCCOC1. The number of nitrogens with one attached hydrogen (secondary N) is 1. The monoisotopic (exact) mass is 153 g/mol. The highest BCUT2D eigenvalue weighted by Gasteiger charge is 2.11. The lowest BCUT2D eigenvalue weighted by Crippen LogP contribution is -2.37. The van der Waals surface area contributed by atoms with E-state index in [9.17, 15) is 0 Å². The van der Waals surface area contributed by atoms with Gasteiger partial charge in [-0.25, -0.2) is 0 Å². The van der Waals surface area contributed by atoms with Gasteiger partial charge < -0.3 is 10.1 Å². The molecule has 0 saturated carbocycles. The minimum absolute atomic E-state index is 0.539. The van der Waals surface area contributed by atoms with Crippen molar-refractivity contribution in [2.45, 2.75) is 25.3 Å². The van der Waals surface area contributed by atoms with E-state index in [0.717, 1.165) is 26.2 Å². The quantitative estimate of drug-likeness (QED) is 0.478. The molecule has 0 aromatic rings. The molecule has 1 atom stereocenters. The molecule has 1 fully saturated rings. The van der Waals surface area contributed by atoms with E-state index >= 15 is 0 Å². The van der Waals surface area contributed by atoms with Crippen LogP contribution in [0.3, 0.4) is 0 Å². The first-order valence-corrected chi connectivity index (χ1v) is 4.18. The summed E-state index contributed by atoms with van der Waals surface area (Å²) in [6.07, 6.45) is 8.34. The predicted molar refractivity (Wildman–Crippen MR) is 45.3 cm³/mol. The summed E-state index contributed by atoms with van der Waals surface area (Å²) in [5.74, 6) is 2.60. The number of rotatable bonds is 3. The molecule has 1 aliphatic rings. The first-order chi connectivity index (χ1) is 5.43. The summed E-state index contributed by atoms with van der Waals surface area (Å²) in [5, 5.41) is 3.36. The Morgan fingerprint density at radius 2 is 2.55 bits per heavy atom. The Kier molecular flexibility index (Phi) is 4.03. The van der Waals surface area contributed by atoms with E-state index in [0.29, 0.717) is 6.04 Å². The molecule has 1 saturated heterocycles. The lowest BCUT2D eigenvalue weighted by Gasteiger charge is -2.22. The van der Waals surface area contributed by atoms with Crippen LogP contribution in [0, 0.1) is 12.3 Å². The second kappa shape index (κ2) is 5.17. The van der Waals surface area contributed by atoms with Gasteiger partial charge in [-0.3, -0.25) is 0 Å². The fourth-order valence-electron chi connectivity index (χ4n) is 1.25.